The minimum atomic E-state index is -1.04. The first-order chi connectivity index (χ1) is 12.7. The van der Waals surface area contributed by atoms with Gasteiger partial charge in [0, 0.05) is 35.9 Å². The van der Waals surface area contributed by atoms with Gasteiger partial charge in [-0.1, -0.05) is 0 Å². The Morgan fingerprint density at radius 3 is 1.42 bits per heavy atom. The number of fused-ring (bicyclic) bond motifs is 2. The van der Waals surface area contributed by atoms with Crippen LogP contribution in [0.1, 0.15) is 23.8 Å². The van der Waals surface area contributed by atoms with E-state index in [2.05, 4.69) is 20.2 Å². The standard InChI is InChI=1S/C18H14N6O2/c25-17-15-9-13(11-1-5-19-6-2-11)21-23(15)18(26)16-10-14(22-24(16)17)12-3-7-20-8-4-12/h1-10,17-18,25-26H. The molecule has 128 valence electrons. The first kappa shape index (κ1) is 14.9. The average Bonchev–Trinajstić information content (AvgIpc) is 3.33. The summed E-state index contributed by atoms with van der Waals surface area (Å²) >= 11 is 0. The van der Waals surface area contributed by atoms with Crippen LogP contribution in [0.4, 0.5) is 0 Å². The molecule has 4 aromatic rings. The second-order valence-corrected chi connectivity index (χ2v) is 6.02. The molecule has 1 aliphatic rings. The summed E-state index contributed by atoms with van der Waals surface area (Å²) in [6, 6.07) is 10.8. The lowest BCUT2D eigenvalue weighted by molar-refractivity contribution is 0.0428. The van der Waals surface area contributed by atoms with E-state index in [1.165, 1.54) is 9.36 Å². The van der Waals surface area contributed by atoms with Crippen molar-refractivity contribution in [2.45, 2.75) is 12.5 Å². The molecule has 1 aliphatic heterocycles. The number of hydrogen-bond acceptors (Lipinski definition) is 6. The van der Waals surface area contributed by atoms with Gasteiger partial charge in [-0.25, -0.2) is 9.36 Å². The van der Waals surface area contributed by atoms with Gasteiger partial charge in [-0.15, -0.1) is 0 Å². The van der Waals surface area contributed by atoms with Crippen molar-refractivity contribution in [2.24, 2.45) is 0 Å². The van der Waals surface area contributed by atoms with Gasteiger partial charge in [0.15, 0.2) is 12.5 Å². The molecule has 0 radical (unpaired) electrons. The molecule has 5 rings (SSSR count). The van der Waals surface area contributed by atoms with Crippen LogP contribution >= 0.6 is 0 Å². The van der Waals surface area contributed by atoms with Crippen molar-refractivity contribution in [2.75, 3.05) is 0 Å². The molecule has 0 amide bonds. The first-order valence-corrected chi connectivity index (χ1v) is 8.08. The second kappa shape index (κ2) is 5.58. The lowest BCUT2D eigenvalue weighted by Gasteiger charge is -2.25. The van der Waals surface area contributed by atoms with E-state index in [0.717, 1.165) is 11.1 Å². The molecule has 5 heterocycles. The highest BCUT2D eigenvalue weighted by Gasteiger charge is 2.33. The Morgan fingerprint density at radius 1 is 0.654 bits per heavy atom. The second-order valence-electron chi connectivity index (χ2n) is 6.02. The summed E-state index contributed by atoms with van der Waals surface area (Å²) in [5, 5.41) is 30.4. The Labute approximate surface area is 148 Å². The van der Waals surface area contributed by atoms with Gasteiger partial charge in [0.05, 0.1) is 22.8 Å². The van der Waals surface area contributed by atoms with Crippen LogP contribution in [0.3, 0.4) is 0 Å². The zero-order valence-electron chi connectivity index (χ0n) is 13.5. The number of hydrogen-bond donors (Lipinski definition) is 2. The number of aromatic nitrogens is 6. The van der Waals surface area contributed by atoms with E-state index in [1.807, 2.05) is 24.3 Å². The summed E-state index contributed by atoms with van der Waals surface area (Å²) in [5.74, 6) is 0. The highest BCUT2D eigenvalue weighted by molar-refractivity contribution is 5.60. The molecule has 0 fully saturated rings. The molecule has 0 aliphatic carbocycles. The van der Waals surface area contributed by atoms with Crippen molar-refractivity contribution in [3.63, 3.8) is 0 Å². The van der Waals surface area contributed by atoms with Crippen LogP contribution in [0.15, 0.2) is 61.2 Å². The van der Waals surface area contributed by atoms with Crippen LogP contribution in [0, 0.1) is 0 Å². The maximum Gasteiger partial charge on any atom is 0.190 e. The monoisotopic (exact) mass is 346 g/mol. The van der Waals surface area contributed by atoms with Gasteiger partial charge in [0.25, 0.3) is 0 Å². The Bertz CT molecular complexity index is 943. The molecule has 0 aromatic carbocycles. The van der Waals surface area contributed by atoms with Gasteiger partial charge in [0.2, 0.25) is 0 Å². The Morgan fingerprint density at radius 2 is 1.04 bits per heavy atom. The Hall–Kier alpha value is -3.36. The van der Waals surface area contributed by atoms with Gasteiger partial charge in [-0.2, -0.15) is 10.2 Å². The molecular formula is C18H14N6O2. The quantitative estimate of drug-likeness (QED) is 0.571. The van der Waals surface area contributed by atoms with Crippen LogP contribution in [-0.4, -0.2) is 39.7 Å². The minimum Gasteiger partial charge on any atom is -0.367 e. The molecule has 2 atom stereocenters. The van der Waals surface area contributed by atoms with Crippen molar-refractivity contribution in [1.29, 1.82) is 0 Å². The summed E-state index contributed by atoms with van der Waals surface area (Å²) in [6.45, 7) is 0. The van der Waals surface area contributed by atoms with Gasteiger partial charge in [-0.3, -0.25) is 9.97 Å². The number of aliphatic hydroxyl groups is 2. The molecular weight excluding hydrogens is 332 g/mol. The lowest BCUT2D eigenvalue weighted by Crippen LogP contribution is -2.29. The van der Waals surface area contributed by atoms with Crippen LogP contribution in [-0.2, 0) is 0 Å². The third kappa shape index (κ3) is 2.17. The largest absolute Gasteiger partial charge is 0.367 e. The molecule has 0 saturated carbocycles. The van der Waals surface area contributed by atoms with Gasteiger partial charge >= 0.3 is 0 Å². The minimum absolute atomic E-state index is 0.473. The fraction of sp³-hybridized carbons (Fsp3) is 0.111. The highest BCUT2D eigenvalue weighted by atomic mass is 16.3. The summed E-state index contributed by atoms with van der Waals surface area (Å²) < 4.78 is 2.85. The smallest absolute Gasteiger partial charge is 0.190 e. The van der Waals surface area contributed by atoms with Gasteiger partial charge < -0.3 is 10.2 Å². The molecule has 8 heteroatoms. The fourth-order valence-corrected chi connectivity index (χ4v) is 3.17. The van der Waals surface area contributed by atoms with Gasteiger partial charge in [0.1, 0.15) is 0 Å². The summed E-state index contributed by atoms with van der Waals surface area (Å²) in [4.78, 5) is 7.99. The van der Waals surface area contributed by atoms with E-state index in [1.54, 1.807) is 36.9 Å². The molecule has 8 nitrogen and oxygen atoms in total. The molecule has 26 heavy (non-hydrogen) atoms. The maximum absolute atomic E-state index is 10.8. The maximum atomic E-state index is 10.8. The topological polar surface area (TPSA) is 102 Å². The predicted molar refractivity (Wildman–Crippen MR) is 91.6 cm³/mol. The van der Waals surface area contributed by atoms with Crippen molar-refractivity contribution in [3.8, 4) is 22.5 Å². The molecule has 0 saturated heterocycles. The van der Waals surface area contributed by atoms with E-state index in [-0.39, 0.29) is 0 Å². The third-order valence-corrected chi connectivity index (χ3v) is 4.47. The normalized spacial score (nSPS) is 18.4. The Balaban J connectivity index is 1.59. The van der Waals surface area contributed by atoms with E-state index in [9.17, 15) is 10.2 Å². The summed E-state index contributed by atoms with van der Waals surface area (Å²) in [6.07, 6.45) is 4.62. The van der Waals surface area contributed by atoms with Crippen molar-refractivity contribution >= 4 is 0 Å². The SMILES string of the molecule is OC1c2cc(-c3ccncc3)nn2C(O)c2cc(-c3ccncc3)nn21. The lowest BCUT2D eigenvalue weighted by atomic mass is 10.1. The van der Waals surface area contributed by atoms with Crippen LogP contribution < -0.4 is 0 Å². The van der Waals surface area contributed by atoms with Crippen molar-refractivity contribution in [3.05, 3.63) is 72.6 Å². The third-order valence-electron chi connectivity index (χ3n) is 4.47. The summed E-state index contributed by atoms with van der Waals surface area (Å²) in [7, 11) is 0. The van der Waals surface area contributed by atoms with Crippen molar-refractivity contribution < 1.29 is 10.2 Å². The molecule has 2 N–H and O–H groups in total. The van der Waals surface area contributed by atoms with E-state index >= 15 is 0 Å². The van der Waals surface area contributed by atoms with E-state index < -0.39 is 12.5 Å². The van der Waals surface area contributed by atoms with E-state index in [0.29, 0.717) is 22.8 Å². The molecule has 0 spiro atoms. The zero-order valence-corrected chi connectivity index (χ0v) is 13.5. The number of rotatable bonds is 2. The molecule has 0 bridgehead atoms. The van der Waals surface area contributed by atoms with Crippen LogP contribution in [0.5, 0.6) is 0 Å². The van der Waals surface area contributed by atoms with Crippen molar-refractivity contribution in [1.82, 2.24) is 29.5 Å². The first-order valence-electron chi connectivity index (χ1n) is 8.08. The fourth-order valence-electron chi connectivity index (χ4n) is 3.17. The average molecular weight is 346 g/mol. The Kier molecular flexibility index (Phi) is 3.21. The number of aliphatic hydroxyl groups excluding tert-OH is 2. The summed E-state index contributed by atoms with van der Waals surface area (Å²) in [5.41, 5.74) is 3.97. The zero-order chi connectivity index (χ0) is 17.7. The van der Waals surface area contributed by atoms with Crippen LogP contribution in [0.2, 0.25) is 0 Å². The number of nitrogens with zero attached hydrogens (tertiary/aromatic N) is 6. The molecule has 4 aromatic heterocycles. The van der Waals surface area contributed by atoms with Gasteiger partial charge in [-0.05, 0) is 36.4 Å². The predicted octanol–water partition coefficient (Wildman–Crippen LogP) is 1.60. The van der Waals surface area contributed by atoms with E-state index in [4.69, 9.17) is 0 Å². The molecule has 2 unspecified atom stereocenters. The highest BCUT2D eigenvalue weighted by Crippen LogP contribution is 2.35. The van der Waals surface area contributed by atoms with Crippen LogP contribution in [0.25, 0.3) is 22.5 Å². The number of pyridine rings is 2.